The highest BCUT2D eigenvalue weighted by molar-refractivity contribution is 7.25. The van der Waals surface area contributed by atoms with Crippen LogP contribution >= 0.6 is 11.3 Å². The fraction of sp³-hybridized carbons (Fsp3) is 0. The van der Waals surface area contributed by atoms with Gasteiger partial charge in [-0.1, -0.05) is 231 Å². The van der Waals surface area contributed by atoms with Gasteiger partial charge in [-0.05, 0) is 192 Å². The predicted molar refractivity (Wildman–Crippen MR) is 536 cm³/mol. The number of pyridine rings is 4. The summed E-state index contributed by atoms with van der Waals surface area (Å²) >= 11 is 1.86. The van der Waals surface area contributed by atoms with Crippen LogP contribution in [0, 0.1) is 0 Å². The lowest BCUT2D eigenvalue weighted by atomic mass is 9.60. The lowest BCUT2D eigenvalue weighted by molar-refractivity contribution is 0.669. The molecule has 129 heavy (non-hydrogen) atoms. The summed E-state index contributed by atoms with van der Waals surface area (Å²) < 4.78 is 15.2. The molecule has 19 heteroatoms. The van der Waals surface area contributed by atoms with Crippen molar-refractivity contribution in [1.82, 2.24) is 19.9 Å². The van der Waals surface area contributed by atoms with E-state index in [0.717, 1.165) is 95.1 Å². The van der Waals surface area contributed by atoms with E-state index < -0.39 is 0 Å². The van der Waals surface area contributed by atoms with Crippen molar-refractivity contribution in [3.05, 3.63) is 425 Å². The summed E-state index contributed by atoms with van der Waals surface area (Å²) in [5.41, 5.74) is 36.4. The Balaban J connectivity index is 0.0000000890. The van der Waals surface area contributed by atoms with Crippen molar-refractivity contribution in [1.29, 1.82) is 0 Å². The fourth-order valence-electron chi connectivity index (χ4n) is 21.4. The smallest absolute Gasteiger partial charge is 0.423 e. The Labute approximate surface area is 748 Å². The molecule has 0 saturated heterocycles. The number of thiophene rings is 1. The van der Waals surface area contributed by atoms with E-state index in [1.165, 1.54) is 127 Å². The van der Waals surface area contributed by atoms with Gasteiger partial charge in [0.2, 0.25) is 0 Å². The highest BCUT2D eigenvalue weighted by Gasteiger charge is 2.53. The zero-order valence-corrected chi connectivity index (χ0v) is 70.1. The molecule has 30 rings (SSSR count). The second-order valence-corrected chi connectivity index (χ2v) is 34.5. The quantitative estimate of drug-likeness (QED) is 0.156. The van der Waals surface area contributed by atoms with E-state index in [4.69, 9.17) is 28.8 Å². The topological polar surface area (TPSA) is 104 Å². The van der Waals surface area contributed by atoms with Crippen LogP contribution in [0.25, 0.3) is 109 Å². The van der Waals surface area contributed by atoms with Crippen molar-refractivity contribution in [3.8, 4) is 45.0 Å². The van der Waals surface area contributed by atoms with Gasteiger partial charge in [-0.2, -0.15) is 0 Å². The first-order valence-corrected chi connectivity index (χ1v) is 44.6. The number of aromatic nitrogens is 4. The average molecular weight is 1670 g/mol. The van der Waals surface area contributed by atoms with Crippen LogP contribution in [-0.2, 0) is 0 Å². The van der Waals surface area contributed by atoms with Crippen molar-refractivity contribution < 1.29 is 8.83 Å². The molecule has 15 heterocycles. The van der Waals surface area contributed by atoms with Crippen molar-refractivity contribution in [3.63, 3.8) is 0 Å². The molecule has 8 aliphatic heterocycles. The summed E-state index contributed by atoms with van der Waals surface area (Å²) in [6.45, 7) is 0.0341. The lowest BCUT2D eigenvalue weighted by Gasteiger charge is -2.35. The number of benzene rings is 15. The van der Waals surface area contributed by atoms with Crippen LogP contribution in [-0.4, -0.2) is 47.9 Å². The number of para-hydroxylation sites is 14. The van der Waals surface area contributed by atoms with E-state index in [1.54, 1.807) is 0 Å². The Hall–Kier alpha value is -16.6. The highest BCUT2D eigenvalue weighted by atomic mass is 32.1. The number of rotatable bonds is 4. The van der Waals surface area contributed by atoms with Gasteiger partial charge < -0.3 is 47.3 Å². The van der Waals surface area contributed by atoms with Gasteiger partial charge in [0.1, 0.15) is 16.7 Å². The summed E-state index contributed by atoms with van der Waals surface area (Å²) in [7, 11) is 0. The normalized spacial score (nSPS) is 13.7. The molecule has 0 radical (unpaired) electrons. The second kappa shape index (κ2) is 29.0. The summed E-state index contributed by atoms with van der Waals surface area (Å²) in [6, 6.07) is 142. The molecule has 8 aliphatic rings. The molecule has 0 amide bonds. The molecule has 15 aromatic carbocycles. The minimum Gasteiger partial charge on any atom is -0.456 e. The molecule has 0 bridgehead atoms. The average Bonchev–Trinajstić information content (AvgIpc) is 1.56. The molecule has 0 unspecified atom stereocenters. The van der Waals surface area contributed by atoms with Gasteiger partial charge in [-0.25, -0.2) is 0 Å². The zero-order valence-electron chi connectivity index (χ0n) is 69.3. The van der Waals surface area contributed by atoms with Gasteiger partial charge in [0.15, 0.2) is 5.58 Å². The first-order valence-electron chi connectivity index (χ1n) is 43.8. The summed E-state index contributed by atoms with van der Waals surface area (Å²) in [4.78, 5) is 38.7. The Morgan fingerprint density at radius 2 is 0.527 bits per heavy atom. The molecule has 0 aliphatic carbocycles. The maximum absolute atomic E-state index is 6.48. The monoisotopic (exact) mass is 1670 g/mol. The van der Waals surface area contributed by atoms with E-state index in [0.29, 0.717) is 0 Å². The van der Waals surface area contributed by atoms with E-state index in [1.807, 2.05) is 78.6 Å². The molecule has 600 valence electrons. The summed E-state index contributed by atoms with van der Waals surface area (Å²) in [5.74, 6) is 0. The maximum atomic E-state index is 6.48. The van der Waals surface area contributed by atoms with Crippen LogP contribution in [0.15, 0.2) is 434 Å². The van der Waals surface area contributed by atoms with Gasteiger partial charge in [-0.15, -0.1) is 11.3 Å². The van der Waals surface area contributed by atoms with Gasteiger partial charge in [-0.3, -0.25) is 19.9 Å². The Bertz CT molecular complexity index is 8060. The first kappa shape index (κ1) is 72.8. The number of anilines is 16. The fourth-order valence-corrected chi connectivity index (χ4v) is 22.5. The third-order valence-corrected chi connectivity index (χ3v) is 27.8. The number of furan rings is 2. The molecule has 0 fully saturated rings. The molecule has 0 atom stereocenters. The molecule has 0 spiro atoms. The molecule has 0 saturated carbocycles. The number of hydrogen-bond acceptors (Lipinski definition) is 15. The van der Waals surface area contributed by atoms with Crippen LogP contribution < -0.4 is 60.3 Å². The first-order chi connectivity index (χ1) is 64.1. The maximum Gasteiger partial charge on any atom is 0.423 e. The largest absolute Gasteiger partial charge is 0.456 e. The van der Waals surface area contributed by atoms with Gasteiger partial charge in [0.25, 0.3) is 0 Å². The SMILES string of the molecule is c1ccc(N2B3c4ccccc4-c4ncccc4N3c3ccccc32)cc1.c1ccc2c(c1)B1N(c3ccccc3N1c1cccc3c1oc1ccccc13)c1cccnc1-2.c1cnc2c(c1)B1N(c3ccc4oc5ccccc5c4c3)c3ccccc3N1c1ccccc1-2.c1cnc2c(c1)B1N(c3ccc4sc5ccccc5c4c3)c3ccccc3N1c1ccccc1-2. The van der Waals surface area contributed by atoms with E-state index in [2.05, 4.69) is 396 Å². The molecule has 14 nitrogen and oxygen atoms in total. The van der Waals surface area contributed by atoms with Crippen molar-refractivity contribution in [2.24, 2.45) is 0 Å². The Morgan fingerprint density at radius 3 is 1.07 bits per heavy atom. The summed E-state index contributed by atoms with van der Waals surface area (Å²) in [6.07, 6.45) is 7.56. The molecule has 22 aromatic rings. The van der Waals surface area contributed by atoms with Crippen molar-refractivity contribution in [2.75, 3.05) is 38.5 Å². The van der Waals surface area contributed by atoms with Crippen LogP contribution in [0.2, 0.25) is 0 Å². The van der Waals surface area contributed by atoms with Gasteiger partial charge in [0, 0.05) is 117 Å². The van der Waals surface area contributed by atoms with E-state index >= 15 is 0 Å². The lowest BCUT2D eigenvalue weighted by Crippen LogP contribution is -2.55. The third kappa shape index (κ3) is 11.0. The minimum absolute atomic E-state index is 0.0124. The standard InChI is InChI=1S/2C29H18BN3O.C29H18BN3S.C23H16BN3/c1-3-12-22-21(10-1)28-25(16-8-18-31-28)32-23-13-4-5-14-24(23)33(30(22)32)26-15-7-11-20-19-9-2-6-17-27(19)34-29(20)26;2*1-3-11-24-21(9-1)29-23(10-7-17-31-29)30-32(25-12-4-5-13-26(25)33(24)30)19-15-16-28-22(18-19)20-8-2-6-14-27(20)34-28;1-2-9-17(10-3-1)26-20-13-6-7-14-21(20)27-22-15-8-16-25-23(22)18-11-4-5-12-19(18)24(26)27/h3*1-18H;1-16H. The number of fused-ring (bicyclic) bond motifs is 41. The van der Waals surface area contributed by atoms with Gasteiger partial charge >= 0.3 is 27.9 Å². The summed E-state index contributed by atoms with van der Waals surface area (Å²) in [5, 5.41) is 7.19. The number of hydrogen-bond donors (Lipinski definition) is 0. The van der Waals surface area contributed by atoms with E-state index in [9.17, 15) is 0 Å². The zero-order chi connectivity index (χ0) is 84.5. The van der Waals surface area contributed by atoms with Crippen molar-refractivity contribution in [2.45, 2.75) is 0 Å². The highest BCUT2D eigenvalue weighted by Crippen LogP contribution is 2.57. The van der Waals surface area contributed by atoms with Crippen LogP contribution in [0.5, 0.6) is 0 Å². The van der Waals surface area contributed by atoms with E-state index in [-0.39, 0.29) is 27.9 Å². The molecule has 0 N–H and O–H groups in total. The Morgan fingerprint density at radius 1 is 0.194 bits per heavy atom. The number of nitrogens with zero attached hydrogens (tertiary/aromatic N) is 12. The second-order valence-electron chi connectivity index (χ2n) is 33.4. The van der Waals surface area contributed by atoms with Crippen LogP contribution in [0.1, 0.15) is 0 Å². The molecular formula is C110H70B4N12O2S. The van der Waals surface area contributed by atoms with Crippen LogP contribution in [0.4, 0.5) is 91.0 Å². The predicted octanol–water partition coefficient (Wildman–Crippen LogP) is 25.2. The van der Waals surface area contributed by atoms with Gasteiger partial charge in [0.05, 0.1) is 85.3 Å². The van der Waals surface area contributed by atoms with Crippen LogP contribution in [0.3, 0.4) is 0 Å². The molecule has 7 aromatic heterocycles. The molecular weight excluding hydrogens is 1600 g/mol. The van der Waals surface area contributed by atoms with Crippen molar-refractivity contribution >= 4 is 216 Å². The minimum atomic E-state index is -0.0379. The Kier molecular flexibility index (Phi) is 16.4. The third-order valence-electron chi connectivity index (χ3n) is 26.7.